The number of carbonyl (C=O) groups excluding carboxylic acids is 3. The topological polar surface area (TPSA) is 125 Å². The van der Waals surface area contributed by atoms with Crippen molar-refractivity contribution in [3.63, 3.8) is 0 Å². The minimum Gasteiger partial charge on any atom is -0.369 e. The van der Waals surface area contributed by atoms with Crippen molar-refractivity contribution in [2.75, 3.05) is 11.9 Å². The molecule has 5 N–H and O–H groups in total. The van der Waals surface area contributed by atoms with E-state index >= 15 is 0 Å². The number of nitrogens with two attached hydrogens (primary N) is 1. The van der Waals surface area contributed by atoms with E-state index in [1.54, 1.807) is 23.1 Å². The van der Waals surface area contributed by atoms with Crippen molar-refractivity contribution in [1.82, 2.24) is 10.2 Å². The van der Waals surface area contributed by atoms with E-state index in [4.69, 9.17) is 5.73 Å². The van der Waals surface area contributed by atoms with Crippen LogP contribution < -0.4 is 16.4 Å². The van der Waals surface area contributed by atoms with Gasteiger partial charge in [0.05, 0.1) is 12.6 Å². The number of anilines is 1. The van der Waals surface area contributed by atoms with E-state index in [2.05, 4.69) is 10.6 Å². The third-order valence-electron chi connectivity index (χ3n) is 4.52. The number of piperidine rings is 1. The number of fused-ring (bicyclic) bond motifs is 1. The minimum absolute atomic E-state index is 0.148. The molecular weight excluding hydrogens is 312 g/mol. The molecule has 2 aliphatic rings. The van der Waals surface area contributed by atoms with Crippen LogP contribution in [-0.2, 0) is 16.1 Å². The number of nitrogens with zero attached hydrogens (tertiary/aromatic N) is 1. The summed E-state index contributed by atoms with van der Waals surface area (Å²) in [5, 5.41) is 15.7. The second kappa shape index (κ2) is 5.88. The lowest BCUT2D eigenvalue weighted by Gasteiger charge is -2.42. The standard InChI is InChI=1S/C16H20N4O4/c1-16(24)12(5-6-13(21)19-16)20-8-10-9(15(20)23)3-2-4-11(10)18-14(22)7-17/h2-4,12,24H,5-8,17H2,1H3,(H,18,22)(H,19,21). The lowest BCUT2D eigenvalue weighted by molar-refractivity contribution is -0.139. The fraction of sp³-hybridized carbons (Fsp3) is 0.438. The molecule has 1 aromatic carbocycles. The van der Waals surface area contributed by atoms with E-state index in [1.807, 2.05) is 0 Å². The van der Waals surface area contributed by atoms with E-state index in [0.29, 0.717) is 23.2 Å². The molecule has 1 fully saturated rings. The van der Waals surface area contributed by atoms with Crippen molar-refractivity contribution >= 4 is 23.4 Å². The molecule has 1 aromatic rings. The summed E-state index contributed by atoms with van der Waals surface area (Å²) in [5.74, 6) is -0.808. The summed E-state index contributed by atoms with van der Waals surface area (Å²) in [6.07, 6.45) is 0.626. The number of benzene rings is 1. The molecule has 0 aromatic heterocycles. The van der Waals surface area contributed by atoms with Crippen molar-refractivity contribution in [2.24, 2.45) is 5.73 Å². The van der Waals surface area contributed by atoms with Crippen molar-refractivity contribution in [3.05, 3.63) is 29.3 Å². The summed E-state index contributed by atoms with van der Waals surface area (Å²) in [7, 11) is 0. The smallest absolute Gasteiger partial charge is 0.255 e. The Morgan fingerprint density at radius 3 is 2.92 bits per heavy atom. The Labute approximate surface area is 139 Å². The summed E-state index contributed by atoms with van der Waals surface area (Å²) in [6.45, 7) is 1.60. The summed E-state index contributed by atoms with van der Waals surface area (Å²) in [6, 6.07) is 4.55. The van der Waals surface area contributed by atoms with Gasteiger partial charge in [0.25, 0.3) is 5.91 Å². The molecule has 0 saturated carbocycles. The van der Waals surface area contributed by atoms with Gasteiger partial charge in [-0.15, -0.1) is 0 Å². The molecule has 3 rings (SSSR count). The van der Waals surface area contributed by atoms with Gasteiger partial charge in [0.2, 0.25) is 11.8 Å². The average Bonchev–Trinajstić information content (AvgIpc) is 2.84. The Balaban J connectivity index is 1.89. The van der Waals surface area contributed by atoms with Gasteiger partial charge in [0, 0.05) is 29.8 Å². The SMILES string of the molecule is CC1(O)NC(=O)CCC1N1Cc2c(NC(=O)CN)cccc2C1=O. The lowest BCUT2D eigenvalue weighted by atomic mass is 9.94. The number of nitrogens with one attached hydrogen (secondary N) is 2. The van der Waals surface area contributed by atoms with Crippen LogP contribution in [0.25, 0.3) is 0 Å². The third-order valence-corrected chi connectivity index (χ3v) is 4.52. The molecule has 0 spiro atoms. The minimum atomic E-state index is -1.49. The summed E-state index contributed by atoms with van der Waals surface area (Å²) < 4.78 is 0. The van der Waals surface area contributed by atoms with E-state index in [1.165, 1.54) is 6.92 Å². The van der Waals surface area contributed by atoms with Crippen LogP contribution in [0.4, 0.5) is 5.69 Å². The Morgan fingerprint density at radius 2 is 2.25 bits per heavy atom. The predicted octanol–water partition coefficient (Wildman–Crippen LogP) is -0.473. The largest absolute Gasteiger partial charge is 0.369 e. The van der Waals surface area contributed by atoms with Crippen molar-refractivity contribution in [1.29, 1.82) is 0 Å². The van der Waals surface area contributed by atoms with Gasteiger partial charge >= 0.3 is 0 Å². The number of carbonyl (C=O) groups is 3. The van der Waals surface area contributed by atoms with Crippen LogP contribution in [0.15, 0.2) is 18.2 Å². The Bertz CT molecular complexity index is 716. The van der Waals surface area contributed by atoms with E-state index in [9.17, 15) is 19.5 Å². The third kappa shape index (κ3) is 2.74. The first-order chi connectivity index (χ1) is 11.3. The highest BCUT2D eigenvalue weighted by molar-refractivity contribution is 6.02. The molecule has 2 unspecified atom stereocenters. The molecule has 0 aliphatic carbocycles. The van der Waals surface area contributed by atoms with Crippen molar-refractivity contribution in [2.45, 2.75) is 38.1 Å². The van der Waals surface area contributed by atoms with Crippen molar-refractivity contribution in [3.8, 4) is 0 Å². The molecule has 1 saturated heterocycles. The maximum atomic E-state index is 12.7. The summed E-state index contributed by atoms with van der Waals surface area (Å²) >= 11 is 0. The number of hydrogen-bond acceptors (Lipinski definition) is 5. The molecule has 0 bridgehead atoms. The van der Waals surface area contributed by atoms with Gasteiger partial charge in [0.15, 0.2) is 5.72 Å². The first kappa shape index (κ1) is 16.4. The second-order valence-corrected chi connectivity index (χ2v) is 6.27. The quantitative estimate of drug-likeness (QED) is 0.595. The zero-order valence-electron chi connectivity index (χ0n) is 13.3. The number of rotatable bonds is 3. The van der Waals surface area contributed by atoms with Gasteiger partial charge in [-0.3, -0.25) is 14.4 Å². The average molecular weight is 332 g/mol. The van der Waals surface area contributed by atoms with Gasteiger partial charge in [0.1, 0.15) is 0 Å². The van der Waals surface area contributed by atoms with E-state index < -0.39 is 11.8 Å². The summed E-state index contributed by atoms with van der Waals surface area (Å²) in [5.41, 5.74) is 5.55. The van der Waals surface area contributed by atoms with Gasteiger partial charge in [-0.2, -0.15) is 0 Å². The Morgan fingerprint density at radius 1 is 1.50 bits per heavy atom. The molecule has 2 atom stereocenters. The maximum Gasteiger partial charge on any atom is 0.255 e. The highest BCUT2D eigenvalue weighted by Crippen LogP contribution is 2.34. The zero-order chi connectivity index (χ0) is 17.5. The number of hydrogen-bond donors (Lipinski definition) is 4. The van der Waals surface area contributed by atoms with Crippen LogP contribution in [0.1, 0.15) is 35.7 Å². The van der Waals surface area contributed by atoms with Crippen LogP contribution in [0.2, 0.25) is 0 Å². The molecule has 3 amide bonds. The zero-order valence-corrected chi connectivity index (χ0v) is 13.3. The monoisotopic (exact) mass is 332 g/mol. The molecule has 8 nitrogen and oxygen atoms in total. The molecule has 0 radical (unpaired) electrons. The molecule has 128 valence electrons. The molecule has 24 heavy (non-hydrogen) atoms. The molecule has 8 heteroatoms. The summed E-state index contributed by atoms with van der Waals surface area (Å²) in [4.78, 5) is 37.4. The first-order valence-electron chi connectivity index (χ1n) is 7.79. The van der Waals surface area contributed by atoms with Gasteiger partial charge in [-0.05, 0) is 25.5 Å². The van der Waals surface area contributed by atoms with Crippen LogP contribution >= 0.6 is 0 Å². The second-order valence-electron chi connectivity index (χ2n) is 6.27. The molecule has 2 aliphatic heterocycles. The van der Waals surface area contributed by atoms with Gasteiger partial charge in [-0.25, -0.2) is 0 Å². The first-order valence-corrected chi connectivity index (χ1v) is 7.79. The maximum absolute atomic E-state index is 12.7. The van der Waals surface area contributed by atoms with Crippen LogP contribution in [0.3, 0.4) is 0 Å². The highest BCUT2D eigenvalue weighted by atomic mass is 16.3. The van der Waals surface area contributed by atoms with Crippen molar-refractivity contribution < 1.29 is 19.5 Å². The van der Waals surface area contributed by atoms with Crippen LogP contribution in [0, 0.1) is 0 Å². The van der Waals surface area contributed by atoms with Crippen LogP contribution in [-0.4, -0.2) is 46.0 Å². The number of aliphatic hydroxyl groups is 1. The number of amides is 3. The van der Waals surface area contributed by atoms with Gasteiger partial charge in [-0.1, -0.05) is 6.07 Å². The lowest BCUT2D eigenvalue weighted by Crippen LogP contribution is -2.63. The predicted molar refractivity (Wildman–Crippen MR) is 85.8 cm³/mol. The van der Waals surface area contributed by atoms with E-state index in [-0.39, 0.29) is 37.2 Å². The van der Waals surface area contributed by atoms with E-state index in [0.717, 1.165) is 0 Å². The Kier molecular flexibility index (Phi) is 4.02. The molecule has 2 heterocycles. The Hall–Kier alpha value is -2.45. The highest BCUT2D eigenvalue weighted by Gasteiger charge is 2.45. The normalized spacial score (nSPS) is 26.1. The molecular formula is C16H20N4O4. The van der Waals surface area contributed by atoms with Gasteiger partial charge < -0.3 is 26.4 Å². The fourth-order valence-electron chi connectivity index (χ4n) is 3.36. The fourth-order valence-corrected chi connectivity index (χ4v) is 3.36. The van der Waals surface area contributed by atoms with Crippen LogP contribution in [0.5, 0.6) is 0 Å².